The van der Waals surface area contributed by atoms with Gasteiger partial charge in [0.2, 0.25) is 11.6 Å². The van der Waals surface area contributed by atoms with E-state index in [0.717, 1.165) is 0 Å². The first kappa shape index (κ1) is 15.3. The molecule has 0 saturated carbocycles. The molecule has 4 aromatic rings. The Balaban J connectivity index is 1.81. The molecule has 0 radical (unpaired) electrons. The number of benzene rings is 2. The highest BCUT2D eigenvalue weighted by atomic mass is 35.5. The molecule has 2 aromatic heterocycles. The number of ketones is 2. The van der Waals surface area contributed by atoms with Crippen molar-refractivity contribution in [2.45, 2.75) is 0 Å². The molecule has 124 valence electrons. The Bertz CT molecular complexity index is 1200. The molecule has 0 bridgehead atoms. The van der Waals surface area contributed by atoms with Gasteiger partial charge in [-0.25, -0.2) is 19.9 Å². The third-order valence-corrected chi connectivity index (χ3v) is 4.58. The van der Waals surface area contributed by atoms with E-state index in [1.807, 2.05) is 0 Å². The maximum Gasteiger partial charge on any atom is 0.234 e. The van der Waals surface area contributed by atoms with E-state index in [0.29, 0.717) is 32.1 Å². The smallest absolute Gasteiger partial charge is 0.234 e. The molecule has 6 nitrogen and oxygen atoms in total. The van der Waals surface area contributed by atoms with Gasteiger partial charge < -0.3 is 0 Å². The maximum absolute atomic E-state index is 12.9. The molecule has 8 heteroatoms. The van der Waals surface area contributed by atoms with E-state index in [1.54, 1.807) is 36.4 Å². The van der Waals surface area contributed by atoms with Gasteiger partial charge in [-0.05, 0) is 36.4 Å². The lowest BCUT2D eigenvalue weighted by Crippen LogP contribution is -2.26. The van der Waals surface area contributed by atoms with Crippen LogP contribution < -0.4 is 0 Å². The fraction of sp³-hybridized carbons (Fsp3) is 0. The third kappa shape index (κ3) is 2.13. The van der Waals surface area contributed by atoms with Crippen LogP contribution in [0.5, 0.6) is 0 Å². The van der Waals surface area contributed by atoms with E-state index in [1.165, 1.54) is 0 Å². The number of carbonyl (C=O) groups is 2. The van der Waals surface area contributed by atoms with Gasteiger partial charge in [0, 0.05) is 10.0 Å². The molecule has 5 rings (SSSR count). The lowest BCUT2D eigenvalue weighted by atomic mass is 9.97. The summed E-state index contributed by atoms with van der Waals surface area (Å²) in [6.07, 6.45) is 0. The van der Waals surface area contributed by atoms with Gasteiger partial charge in [0.05, 0.1) is 22.1 Å². The van der Waals surface area contributed by atoms with Gasteiger partial charge >= 0.3 is 0 Å². The summed E-state index contributed by atoms with van der Waals surface area (Å²) >= 11 is 11.9. The summed E-state index contributed by atoms with van der Waals surface area (Å²) in [4.78, 5) is 42.9. The first-order valence-electron chi connectivity index (χ1n) is 7.55. The SMILES string of the molecule is O=C1c2nc3ccc(Cl)cc3nc2C(=O)c2nc3ccc(Cl)cc3nc21. The van der Waals surface area contributed by atoms with E-state index in [9.17, 15) is 9.59 Å². The average molecular weight is 381 g/mol. The molecule has 1 aliphatic rings. The number of nitrogens with zero attached hydrogens (tertiary/aromatic N) is 4. The van der Waals surface area contributed by atoms with Crippen molar-refractivity contribution in [3.8, 4) is 0 Å². The topological polar surface area (TPSA) is 85.7 Å². The molecule has 0 amide bonds. The average Bonchev–Trinajstić information content (AvgIpc) is 2.63. The Morgan fingerprint density at radius 1 is 0.538 bits per heavy atom. The van der Waals surface area contributed by atoms with Crippen molar-refractivity contribution in [3.05, 3.63) is 69.2 Å². The predicted molar refractivity (Wildman–Crippen MR) is 96.0 cm³/mol. The highest BCUT2D eigenvalue weighted by Gasteiger charge is 2.35. The zero-order valence-electron chi connectivity index (χ0n) is 12.8. The number of fused-ring (bicyclic) bond motifs is 4. The highest BCUT2D eigenvalue weighted by Crippen LogP contribution is 2.27. The summed E-state index contributed by atoms with van der Waals surface area (Å²) in [5.74, 6) is -0.985. The fourth-order valence-corrected chi connectivity index (χ4v) is 3.25. The molecule has 0 N–H and O–H groups in total. The fourth-order valence-electron chi connectivity index (χ4n) is 2.91. The van der Waals surface area contributed by atoms with Crippen molar-refractivity contribution < 1.29 is 9.59 Å². The van der Waals surface area contributed by atoms with Crippen LogP contribution in [-0.2, 0) is 0 Å². The van der Waals surface area contributed by atoms with Crippen molar-refractivity contribution in [1.29, 1.82) is 0 Å². The van der Waals surface area contributed by atoms with Gasteiger partial charge in [0.1, 0.15) is 22.8 Å². The summed E-state index contributed by atoms with van der Waals surface area (Å²) in [6, 6.07) is 9.75. The number of hydrogen-bond acceptors (Lipinski definition) is 6. The molecule has 1 aliphatic carbocycles. The van der Waals surface area contributed by atoms with Gasteiger partial charge in [-0.2, -0.15) is 0 Å². The minimum atomic E-state index is -0.492. The quantitative estimate of drug-likeness (QED) is 0.407. The van der Waals surface area contributed by atoms with Crippen LogP contribution in [0.2, 0.25) is 10.0 Å². The molecular formula is C18H6Cl2N4O2. The van der Waals surface area contributed by atoms with E-state index < -0.39 is 11.6 Å². The monoisotopic (exact) mass is 380 g/mol. The molecule has 0 unspecified atom stereocenters. The number of halogens is 2. The molecule has 26 heavy (non-hydrogen) atoms. The van der Waals surface area contributed by atoms with Gasteiger partial charge in [-0.3, -0.25) is 9.59 Å². The molecule has 2 heterocycles. The lowest BCUT2D eigenvalue weighted by Gasteiger charge is -2.15. The Hall–Kier alpha value is -2.96. The maximum atomic E-state index is 12.9. The number of hydrogen-bond donors (Lipinski definition) is 0. The van der Waals surface area contributed by atoms with E-state index in [2.05, 4.69) is 19.9 Å². The third-order valence-electron chi connectivity index (χ3n) is 4.11. The number of carbonyl (C=O) groups excluding carboxylic acids is 2. The summed E-state index contributed by atoms with van der Waals surface area (Å²) in [5, 5.41) is 0.925. The minimum Gasteiger partial charge on any atom is -0.285 e. The standard InChI is InChI=1S/C18H6Cl2N4O2/c19-7-1-3-9-11(5-7)23-15-13(21-9)17(25)16-14(18(15)26)22-10-4-2-8(20)6-12(10)24-16/h1-6H. The van der Waals surface area contributed by atoms with Crippen LogP contribution in [0.3, 0.4) is 0 Å². The Morgan fingerprint density at radius 3 is 1.27 bits per heavy atom. The van der Waals surface area contributed by atoms with Crippen molar-refractivity contribution in [2.24, 2.45) is 0 Å². The van der Waals surface area contributed by atoms with Crippen LogP contribution in [0.4, 0.5) is 0 Å². The van der Waals surface area contributed by atoms with Crippen molar-refractivity contribution in [3.63, 3.8) is 0 Å². The Labute approximate surface area is 155 Å². The lowest BCUT2D eigenvalue weighted by molar-refractivity contribution is 0.0965. The van der Waals surface area contributed by atoms with Crippen LogP contribution in [-0.4, -0.2) is 31.5 Å². The van der Waals surface area contributed by atoms with Gasteiger partial charge in [0.25, 0.3) is 0 Å². The minimum absolute atomic E-state index is 0.0343. The molecule has 0 fully saturated rings. The molecule has 0 saturated heterocycles. The number of rotatable bonds is 0. The summed E-state index contributed by atoms with van der Waals surface area (Å²) < 4.78 is 0. The summed E-state index contributed by atoms with van der Waals surface area (Å²) in [5.41, 5.74) is 1.65. The van der Waals surface area contributed by atoms with Crippen LogP contribution in [0.1, 0.15) is 32.4 Å². The zero-order chi connectivity index (χ0) is 18.0. The van der Waals surface area contributed by atoms with Crippen LogP contribution in [0, 0.1) is 0 Å². The van der Waals surface area contributed by atoms with E-state index >= 15 is 0 Å². The summed E-state index contributed by atoms with van der Waals surface area (Å²) in [7, 11) is 0. The van der Waals surface area contributed by atoms with Crippen LogP contribution in [0.25, 0.3) is 22.1 Å². The zero-order valence-corrected chi connectivity index (χ0v) is 14.3. The first-order chi connectivity index (χ1) is 12.5. The van der Waals surface area contributed by atoms with E-state index in [-0.39, 0.29) is 22.8 Å². The molecule has 0 aliphatic heterocycles. The van der Waals surface area contributed by atoms with Crippen LogP contribution >= 0.6 is 23.2 Å². The molecule has 0 spiro atoms. The normalized spacial score (nSPS) is 13.2. The van der Waals surface area contributed by atoms with Crippen molar-refractivity contribution in [2.75, 3.05) is 0 Å². The summed E-state index contributed by atoms with van der Waals surface area (Å²) in [6.45, 7) is 0. The second-order valence-electron chi connectivity index (χ2n) is 5.77. The first-order valence-corrected chi connectivity index (χ1v) is 8.31. The molecule has 2 aromatic carbocycles. The second kappa shape index (κ2) is 5.27. The molecular weight excluding hydrogens is 375 g/mol. The van der Waals surface area contributed by atoms with Gasteiger partial charge in [-0.15, -0.1) is 0 Å². The number of aromatic nitrogens is 4. The molecule has 0 atom stereocenters. The Kier molecular flexibility index (Phi) is 3.10. The van der Waals surface area contributed by atoms with Crippen LogP contribution in [0.15, 0.2) is 36.4 Å². The highest BCUT2D eigenvalue weighted by molar-refractivity contribution is 6.32. The second-order valence-corrected chi connectivity index (χ2v) is 6.64. The van der Waals surface area contributed by atoms with Crippen molar-refractivity contribution >= 4 is 56.8 Å². The largest absolute Gasteiger partial charge is 0.285 e. The van der Waals surface area contributed by atoms with E-state index in [4.69, 9.17) is 23.2 Å². The van der Waals surface area contributed by atoms with Crippen molar-refractivity contribution in [1.82, 2.24) is 19.9 Å². The Morgan fingerprint density at radius 2 is 0.885 bits per heavy atom. The van der Waals surface area contributed by atoms with Gasteiger partial charge in [-0.1, -0.05) is 23.2 Å². The van der Waals surface area contributed by atoms with Gasteiger partial charge in [0.15, 0.2) is 0 Å². The predicted octanol–water partition coefficient (Wildman–Crippen LogP) is 3.66.